The number of halogens is 2. The van der Waals surface area contributed by atoms with Crippen molar-refractivity contribution in [1.29, 1.82) is 0 Å². The van der Waals surface area contributed by atoms with Crippen LogP contribution in [0.15, 0.2) is 42.5 Å². The number of nitrogens with one attached hydrogen (secondary N) is 1. The summed E-state index contributed by atoms with van der Waals surface area (Å²) >= 11 is 0. The molecule has 1 fully saturated rings. The second-order valence-corrected chi connectivity index (χ2v) is 8.41. The minimum absolute atomic E-state index is 0.0144. The fourth-order valence-corrected chi connectivity index (χ4v) is 3.39. The minimum Gasteiger partial charge on any atom is -0.489 e. The number of carbonyl (C=O) groups excluding carboxylic acids is 1. The summed E-state index contributed by atoms with van der Waals surface area (Å²) in [5.74, 6) is -1.54. The summed E-state index contributed by atoms with van der Waals surface area (Å²) in [6.07, 6.45) is 0.653. The van der Waals surface area contributed by atoms with Crippen LogP contribution in [0.4, 0.5) is 13.6 Å². The van der Waals surface area contributed by atoms with Crippen LogP contribution >= 0.6 is 0 Å². The van der Waals surface area contributed by atoms with Crippen molar-refractivity contribution in [3.05, 3.63) is 65.2 Å². The van der Waals surface area contributed by atoms with Crippen LogP contribution < -0.4 is 10.2 Å². The van der Waals surface area contributed by atoms with Gasteiger partial charge in [0.05, 0.1) is 0 Å². The zero-order chi connectivity index (χ0) is 21.7. The number of rotatable bonds is 4. The molecule has 5 nitrogen and oxygen atoms in total. The van der Waals surface area contributed by atoms with Gasteiger partial charge in [0.15, 0.2) is 0 Å². The molecular formula is C23H28F2N2O3. The average Bonchev–Trinajstić information content (AvgIpc) is 2.92. The van der Waals surface area contributed by atoms with E-state index in [1.165, 1.54) is 17.1 Å². The van der Waals surface area contributed by atoms with Gasteiger partial charge < -0.3 is 9.47 Å². The van der Waals surface area contributed by atoms with Crippen molar-refractivity contribution in [2.24, 2.45) is 0 Å². The molecule has 30 heavy (non-hydrogen) atoms. The molecule has 0 saturated carbocycles. The highest BCUT2D eigenvalue weighted by Gasteiger charge is 2.28. The molecule has 0 aliphatic carbocycles. The zero-order valence-electron chi connectivity index (χ0n) is 17.6. The lowest BCUT2D eigenvalue weighted by molar-refractivity contribution is 0.0151. The number of ether oxygens (including phenoxy) is 2. The average molecular weight is 418 g/mol. The molecule has 2 aromatic carbocycles. The van der Waals surface area contributed by atoms with E-state index < -0.39 is 29.2 Å². The van der Waals surface area contributed by atoms with Gasteiger partial charge in [0.1, 0.15) is 29.6 Å². The summed E-state index contributed by atoms with van der Waals surface area (Å²) in [6.45, 7) is 6.24. The summed E-state index contributed by atoms with van der Waals surface area (Å²) in [6, 6.07) is 11.9. The van der Waals surface area contributed by atoms with E-state index >= 15 is 0 Å². The molecule has 1 saturated heterocycles. The minimum atomic E-state index is -0.643. The Kier molecular flexibility index (Phi) is 6.92. The lowest BCUT2D eigenvalue weighted by atomic mass is 9.93. The van der Waals surface area contributed by atoms with Crippen LogP contribution in [0.3, 0.4) is 0 Å². The summed E-state index contributed by atoms with van der Waals surface area (Å²) in [5, 5.41) is 1.37. The first-order valence-corrected chi connectivity index (χ1v) is 10.1. The number of hydrazine groups is 1. The molecule has 1 atom stereocenters. The Morgan fingerprint density at radius 1 is 1.17 bits per heavy atom. The van der Waals surface area contributed by atoms with Gasteiger partial charge in [0, 0.05) is 36.7 Å². The van der Waals surface area contributed by atoms with Crippen molar-refractivity contribution >= 4 is 6.09 Å². The largest absolute Gasteiger partial charge is 0.489 e. The molecule has 0 bridgehead atoms. The fourth-order valence-electron chi connectivity index (χ4n) is 3.39. The van der Waals surface area contributed by atoms with E-state index in [2.05, 4.69) is 5.43 Å². The van der Waals surface area contributed by atoms with Crippen LogP contribution in [0.5, 0.6) is 5.75 Å². The predicted octanol–water partition coefficient (Wildman–Crippen LogP) is 5.16. The van der Waals surface area contributed by atoms with Crippen molar-refractivity contribution < 1.29 is 23.0 Å². The third kappa shape index (κ3) is 5.92. The van der Waals surface area contributed by atoms with Crippen molar-refractivity contribution in [1.82, 2.24) is 10.4 Å². The Balaban J connectivity index is 1.66. The van der Waals surface area contributed by atoms with E-state index in [1.807, 2.05) is 30.3 Å². The quantitative estimate of drug-likeness (QED) is 0.745. The maximum Gasteiger partial charge on any atom is 0.424 e. The van der Waals surface area contributed by atoms with E-state index in [9.17, 15) is 13.6 Å². The molecule has 3 rings (SSSR count). The number of nitrogens with zero attached hydrogens (tertiary/aromatic N) is 1. The molecule has 1 aliphatic rings. The standard InChI is InChI=1S/C23H28F2N2O3/c1-23(2,3)30-22(28)27-11-7-10-17(14-26-27)21-19(24)12-18(13-20(21)25)29-15-16-8-5-4-6-9-16/h4-6,8-9,12-13,17,26H,7,10-11,14-15H2,1-3H3. The Labute approximate surface area is 175 Å². The van der Waals surface area contributed by atoms with Crippen molar-refractivity contribution in [2.45, 2.75) is 51.7 Å². The predicted molar refractivity (Wildman–Crippen MR) is 110 cm³/mol. The highest BCUT2D eigenvalue weighted by atomic mass is 19.1. The first kappa shape index (κ1) is 22.0. The molecule has 0 radical (unpaired) electrons. The first-order chi connectivity index (χ1) is 14.2. The van der Waals surface area contributed by atoms with Crippen LogP contribution in [-0.4, -0.2) is 29.8 Å². The number of carbonyl (C=O) groups is 1. The van der Waals surface area contributed by atoms with E-state index in [0.717, 1.165) is 5.56 Å². The van der Waals surface area contributed by atoms with Crippen LogP contribution in [0.2, 0.25) is 0 Å². The first-order valence-electron chi connectivity index (χ1n) is 10.1. The van der Waals surface area contributed by atoms with Crippen molar-refractivity contribution in [3.8, 4) is 5.75 Å². The zero-order valence-corrected chi connectivity index (χ0v) is 17.6. The molecule has 1 aliphatic heterocycles. The van der Waals surface area contributed by atoms with Crippen LogP contribution in [0, 0.1) is 11.6 Å². The Bertz CT molecular complexity index is 845. The maximum absolute atomic E-state index is 14.8. The highest BCUT2D eigenvalue weighted by molar-refractivity contribution is 5.67. The van der Waals surface area contributed by atoms with Crippen LogP contribution in [-0.2, 0) is 11.3 Å². The van der Waals surface area contributed by atoms with Crippen LogP contribution in [0.1, 0.15) is 50.7 Å². The molecule has 1 unspecified atom stereocenters. The van der Waals surface area contributed by atoms with Crippen LogP contribution in [0.25, 0.3) is 0 Å². The number of hydrogen-bond acceptors (Lipinski definition) is 4. The molecule has 7 heteroatoms. The Morgan fingerprint density at radius 2 is 1.83 bits per heavy atom. The van der Waals surface area contributed by atoms with Gasteiger partial charge in [-0.15, -0.1) is 0 Å². The lowest BCUT2D eigenvalue weighted by Gasteiger charge is -2.26. The van der Waals surface area contributed by atoms with Gasteiger partial charge in [0.25, 0.3) is 0 Å². The van der Waals surface area contributed by atoms with Gasteiger partial charge in [-0.1, -0.05) is 30.3 Å². The smallest absolute Gasteiger partial charge is 0.424 e. The second kappa shape index (κ2) is 9.43. The van der Waals surface area contributed by atoms with E-state index in [4.69, 9.17) is 9.47 Å². The Morgan fingerprint density at radius 3 is 2.47 bits per heavy atom. The molecule has 0 spiro atoms. The Hall–Kier alpha value is -2.67. The van der Waals surface area contributed by atoms with E-state index in [0.29, 0.717) is 19.4 Å². The van der Waals surface area contributed by atoms with Gasteiger partial charge in [0.2, 0.25) is 0 Å². The van der Waals surface area contributed by atoms with Crippen molar-refractivity contribution in [2.75, 3.05) is 13.1 Å². The summed E-state index contributed by atoms with van der Waals surface area (Å²) in [4.78, 5) is 12.3. The molecule has 0 aromatic heterocycles. The van der Waals surface area contributed by atoms with E-state index in [1.54, 1.807) is 20.8 Å². The van der Waals surface area contributed by atoms with Gasteiger partial charge >= 0.3 is 6.09 Å². The topological polar surface area (TPSA) is 50.8 Å². The number of hydrogen-bond donors (Lipinski definition) is 1. The molecule has 2 aromatic rings. The summed E-state index contributed by atoms with van der Waals surface area (Å²) in [7, 11) is 0. The third-order valence-electron chi connectivity index (χ3n) is 4.79. The van der Waals surface area contributed by atoms with Gasteiger partial charge in [-0.25, -0.2) is 24.0 Å². The summed E-state index contributed by atoms with van der Waals surface area (Å²) in [5.41, 5.74) is 3.28. The normalized spacial score (nSPS) is 17.4. The second-order valence-electron chi connectivity index (χ2n) is 8.41. The number of benzene rings is 2. The SMILES string of the molecule is CC(C)(C)OC(=O)N1CCCC(c2c(F)cc(OCc3ccccc3)cc2F)CN1. The fraction of sp³-hybridized carbons (Fsp3) is 0.435. The van der Waals surface area contributed by atoms with Gasteiger partial charge in [-0.3, -0.25) is 0 Å². The molecule has 1 N–H and O–H groups in total. The molecular weight excluding hydrogens is 390 g/mol. The highest BCUT2D eigenvalue weighted by Crippen LogP contribution is 2.31. The molecule has 1 amide bonds. The maximum atomic E-state index is 14.8. The lowest BCUT2D eigenvalue weighted by Crippen LogP contribution is -2.45. The van der Waals surface area contributed by atoms with Crippen molar-refractivity contribution in [3.63, 3.8) is 0 Å². The molecule has 1 heterocycles. The third-order valence-corrected chi connectivity index (χ3v) is 4.79. The van der Waals surface area contributed by atoms with E-state index in [-0.39, 0.29) is 24.5 Å². The van der Waals surface area contributed by atoms with Gasteiger partial charge in [-0.05, 0) is 39.2 Å². The van der Waals surface area contributed by atoms with Gasteiger partial charge in [-0.2, -0.15) is 0 Å². The monoisotopic (exact) mass is 418 g/mol. The molecule has 162 valence electrons. The summed E-state index contributed by atoms with van der Waals surface area (Å²) < 4.78 is 40.5. The number of amides is 1.